The van der Waals surface area contributed by atoms with Gasteiger partial charge in [0.1, 0.15) is 12.3 Å². The van der Waals surface area contributed by atoms with Crippen molar-refractivity contribution in [1.29, 1.82) is 0 Å². The largest absolute Gasteiger partial charge is 0.467 e. The lowest BCUT2D eigenvalue weighted by Crippen LogP contribution is -2.39. The maximum atomic E-state index is 11.8. The highest BCUT2D eigenvalue weighted by Crippen LogP contribution is 2.12. The molecule has 0 bridgehead atoms. The van der Waals surface area contributed by atoms with Gasteiger partial charge in [-0.25, -0.2) is 4.99 Å². The van der Waals surface area contributed by atoms with Crippen molar-refractivity contribution in [1.82, 2.24) is 16.0 Å². The second-order valence-corrected chi connectivity index (χ2v) is 6.14. The van der Waals surface area contributed by atoms with Crippen LogP contribution in [0, 0.1) is 5.92 Å². The Hall–Kier alpha value is -2.06. The van der Waals surface area contributed by atoms with Gasteiger partial charge in [-0.05, 0) is 31.9 Å². The van der Waals surface area contributed by atoms with Crippen LogP contribution in [0.2, 0.25) is 0 Å². The smallest absolute Gasteiger partial charge is 0.242 e. The van der Waals surface area contributed by atoms with Gasteiger partial charge in [0, 0.05) is 32.2 Å². The van der Waals surface area contributed by atoms with Gasteiger partial charge in [0.15, 0.2) is 5.96 Å². The molecule has 2 rings (SSSR count). The SMILES string of the molecule is CCNC(=NCC(=O)NCc1ccco1)NCCCOCC1CCOC1. The molecule has 146 valence electrons. The minimum absolute atomic E-state index is 0.0637. The molecule has 8 heteroatoms. The van der Waals surface area contributed by atoms with Gasteiger partial charge in [0.25, 0.3) is 0 Å². The fourth-order valence-electron chi connectivity index (χ4n) is 2.49. The van der Waals surface area contributed by atoms with Crippen LogP contribution >= 0.6 is 0 Å². The number of amides is 1. The minimum Gasteiger partial charge on any atom is -0.467 e. The van der Waals surface area contributed by atoms with Gasteiger partial charge in [0.2, 0.25) is 5.91 Å². The van der Waals surface area contributed by atoms with Gasteiger partial charge in [-0.3, -0.25) is 4.79 Å². The summed E-state index contributed by atoms with van der Waals surface area (Å²) in [6.07, 6.45) is 3.55. The zero-order valence-corrected chi connectivity index (χ0v) is 15.5. The van der Waals surface area contributed by atoms with E-state index in [2.05, 4.69) is 20.9 Å². The Kier molecular flexibility index (Phi) is 9.60. The van der Waals surface area contributed by atoms with Crippen LogP contribution in [0.4, 0.5) is 0 Å². The predicted octanol–water partition coefficient (Wildman–Crippen LogP) is 0.894. The number of nitrogens with zero attached hydrogens (tertiary/aromatic N) is 1. The number of guanidine groups is 1. The first-order chi connectivity index (χ1) is 12.8. The Morgan fingerprint density at radius 1 is 1.38 bits per heavy atom. The van der Waals surface area contributed by atoms with E-state index in [1.54, 1.807) is 12.3 Å². The van der Waals surface area contributed by atoms with Crippen LogP contribution in [-0.2, 0) is 20.8 Å². The number of rotatable bonds is 11. The molecule has 1 saturated heterocycles. The number of hydrogen-bond acceptors (Lipinski definition) is 5. The van der Waals surface area contributed by atoms with Crippen molar-refractivity contribution in [2.75, 3.05) is 46.1 Å². The monoisotopic (exact) mass is 366 g/mol. The lowest BCUT2D eigenvalue weighted by atomic mass is 10.1. The standard InChI is InChI=1S/C18H30N4O4/c1-2-19-18(20-7-4-8-24-13-15-6-10-25-14-15)22-12-17(23)21-11-16-5-3-9-26-16/h3,5,9,15H,2,4,6-8,10-14H2,1H3,(H,21,23)(H2,19,20,22). The van der Waals surface area contributed by atoms with Crippen LogP contribution in [-0.4, -0.2) is 57.9 Å². The molecule has 1 aliphatic rings. The topological polar surface area (TPSA) is 97.1 Å². The second-order valence-electron chi connectivity index (χ2n) is 6.14. The maximum absolute atomic E-state index is 11.8. The number of ether oxygens (including phenoxy) is 2. The molecule has 1 fully saturated rings. The van der Waals surface area contributed by atoms with E-state index in [-0.39, 0.29) is 12.5 Å². The number of furan rings is 1. The van der Waals surface area contributed by atoms with Crippen molar-refractivity contribution < 1.29 is 18.7 Å². The molecule has 0 aliphatic carbocycles. The van der Waals surface area contributed by atoms with Crippen LogP contribution in [0.3, 0.4) is 0 Å². The minimum atomic E-state index is -0.152. The summed E-state index contributed by atoms with van der Waals surface area (Å²) in [6.45, 7) is 7.03. The Morgan fingerprint density at radius 3 is 3.04 bits per heavy atom. The molecule has 0 spiro atoms. The van der Waals surface area contributed by atoms with Gasteiger partial charge in [-0.1, -0.05) is 0 Å². The summed E-state index contributed by atoms with van der Waals surface area (Å²) < 4.78 is 16.2. The van der Waals surface area contributed by atoms with Crippen molar-refractivity contribution in [2.45, 2.75) is 26.3 Å². The average molecular weight is 366 g/mol. The van der Waals surface area contributed by atoms with E-state index in [1.807, 2.05) is 13.0 Å². The third kappa shape index (κ3) is 8.35. The van der Waals surface area contributed by atoms with Crippen LogP contribution in [0.1, 0.15) is 25.5 Å². The summed E-state index contributed by atoms with van der Waals surface area (Å²) >= 11 is 0. The van der Waals surface area contributed by atoms with Crippen molar-refractivity contribution >= 4 is 11.9 Å². The van der Waals surface area contributed by atoms with Gasteiger partial charge in [0.05, 0.1) is 26.0 Å². The fraction of sp³-hybridized carbons (Fsp3) is 0.667. The number of aliphatic imine (C=N–C) groups is 1. The Balaban J connectivity index is 1.56. The summed E-state index contributed by atoms with van der Waals surface area (Å²) in [5.41, 5.74) is 0. The van der Waals surface area contributed by atoms with Crippen LogP contribution in [0.5, 0.6) is 0 Å². The van der Waals surface area contributed by atoms with Crippen LogP contribution in [0.25, 0.3) is 0 Å². The molecule has 8 nitrogen and oxygen atoms in total. The highest BCUT2D eigenvalue weighted by Gasteiger charge is 2.15. The first kappa shape index (κ1) is 20.3. The second kappa shape index (κ2) is 12.3. The molecule has 0 radical (unpaired) electrons. The predicted molar refractivity (Wildman–Crippen MR) is 98.9 cm³/mol. The molecule has 1 atom stereocenters. The highest BCUT2D eigenvalue weighted by molar-refractivity contribution is 5.84. The molecule has 1 unspecified atom stereocenters. The first-order valence-corrected chi connectivity index (χ1v) is 9.24. The molecule has 0 saturated carbocycles. The number of nitrogens with one attached hydrogen (secondary N) is 3. The molecule has 1 aliphatic heterocycles. The summed E-state index contributed by atoms with van der Waals surface area (Å²) in [6, 6.07) is 3.61. The van der Waals surface area contributed by atoms with Gasteiger partial charge >= 0.3 is 0 Å². The highest BCUT2D eigenvalue weighted by atomic mass is 16.5. The normalized spacial score (nSPS) is 17.3. The maximum Gasteiger partial charge on any atom is 0.242 e. The zero-order chi connectivity index (χ0) is 18.5. The molecule has 1 aromatic heterocycles. The lowest BCUT2D eigenvalue weighted by Gasteiger charge is -2.12. The summed E-state index contributed by atoms with van der Waals surface area (Å²) in [7, 11) is 0. The molecular weight excluding hydrogens is 336 g/mol. The third-order valence-electron chi connectivity index (χ3n) is 3.90. The average Bonchev–Trinajstić information content (AvgIpc) is 3.34. The summed E-state index contributed by atoms with van der Waals surface area (Å²) in [5, 5.41) is 9.10. The van der Waals surface area contributed by atoms with E-state index < -0.39 is 0 Å². The van der Waals surface area contributed by atoms with Crippen molar-refractivity contribution in [3.8, 4) is 0 Å². The Bertz CT molecular complexity index is 527. The Morgan fingerprint density at radius 2 is 2.31 bits per heavy atom. The summed E-state index contributed by atoms with van der Waals surface area (Å²) in [5.74, 6) is 1.74. The van der Waals surface area contributed by atoms with E-state index in [9.17, 15) is 4.79 Å². The first-order valence-electron chi connectivity index (χ1n) is 9.24. The van der Waals surface area contributed by atoms with Gasteiger partial charge in [-0.2, -0.15) is 0 Å². The number of carbonyl (C=O) groups is 1. The molecule has 1 aromatic rings. The fourth-order valence-corrected chi connectivity index (χ4v) is 2.49. The van der Waals surface area contributed by atoms with Crippen LogP contribution < -0.4 is 16.0 Å². The van der Waals surface area contributed by atoms with E-state index in [0.717, 1.165) is 51.5 Å². The van der Waals surface area contributed by atoms with Gasteiger partial charge in [-0.15, -0.1) is 0 Å². The zero-order valence-electron chi connectivity index (χ0n) is 15.5. The van der Waals surface area contributed by atoms with Crippen LogP contribution in [0.15, 0.2) is 27.8 Å². The van der Waals surface area contributed by atoms with Gasteiger partial charge < -0.3 is 29.8 Å². The lowest BCUT2D eigenvalue weighted by molar-refractivity contribution is -0.119. The molecule has 2 heterocycles. The molecule has 0 aromatic carbocycles. The van der Waals surface area contributed by atoms with E-state index >= 15 is 0 Å². The van der Waals surface area contributed by atoms with E-state index in [0.29, 0.717) is 25.0 Å². The summed E-state index contributed by atoms with van der Waals surface area (Å²) in [4.78, 5) is 16.1. The van der Waals surface area contributed by atoms with Crippen molar-refractivity contribution in [3.63, 3.8) is 0 Å². The molecule has 1 amide bonds. The van der Waals surface area contributed by atoms with E-state index in [1.165, 1.54) is 0 Å². The molecule has 3 N–H and O–H groups in total. The molecular formula is C18H30N4O4. The Labute approximate surface area is 154 Å². The van der Waals surface area contributed by atoms with Crippen molar-refractivity contribution in [2.24, 2.45) is 10.9 Å². The third-order valence-corrected chi connectivity index (χ3v) is 3.90. The number of hydrogen-bond donors (Lipinski definition) is 3. The quantitative estimate of drug-likeness (QED) is 0.306. The number of carbonyl (C=O) groups excluding carboxylic acids is 1. The van der Waals surface area contributed by atoms with Crippen molar-refractivity contribution in [3.05, 3.63) is 24.2 Å². The van der Waals surface area contributed by atoms with E-state index in [4.69, 9.17) is 13.9 Å². The molecule has 26 heavy (non-hydrogen) atoms.